The van der Waals surface area contributed by atoms with Crippen LogP contribution in [0.3, 0.4) is 0 Å². The molecule has 0 saturated heterocycles. The van der Waals surface area contributed by atoms with Crippen molar-refractivity contribution >= 4 is 34.2 Å². The first-order chi connectivity index (χ1) is 9.56. The molecule has 3 N–H and O–H groups in total. The van der Waals surface area contributed by atoms with Crippen molar-refractivity contribution in [2.24, 2.45) is 5.73 Å². The molecule has 0 radical (unpaired) electrons. The van der Waals surface area contributed by atoms with Crippen LogP contribution < -0.4 is 11.1 Å². The highest BCUT2D eigenvalue weighted by molar-refractivity contribution is 9.10. The van der Waals surface area contributed by atoms with E-state index in [0.29, 0.717) is 6.54 Å². The standard InChI is InChI=1S/C16H21BrN2O.ClH/c17-13-6-2-1-5-12(13)15(9-10-15)11-19-14(20)16(18)7-3-4-8-16;/h1-2,5-6H,3-4,7-11,18H2,(H,19,20);1H. The maximum absolute atomic E-state index is 12.3. The van der Waals surface area contributed by atoms with Crippen LogP contribution in [0.4, 0.5) is 0 Å². The van der Waals surface area contributed by atoms with E-state index in [1.165, 1.54) is 5.56 Å². The molecule has 3 nitrogen and oxygen atoms in total. The summed E-state index contributed by atoms with van der Waals surface area (Å²) >= 11 is 3.62. The average molecular weight is 374 g/mol. The number of halogens is 2. The summed E-state index contributed by atoms with van der Waals surface area (Å²) in [7, 11) is 0. The molecule has 116 valence electrons. The molecule has 2 aliphatic rings. The van der Waals surface area contributed by atoms with E-state index >= 15 is 0 Å². The largest absolute Gasteiger partial charge is 0.354 e. The fourth-order valence-electron chi connectivity index (χ4n) is 3.24. The molecule has 0 aromatic heterocycles. The van der Waals surface area contributed by atoms with Crippen molar-refractivity contribution in [3.63, 3.8) is 0 Å². The third-order valence-corrected chi connectivity index (χ3v) is 5.53. The smallest absolute Gasteiger partial charge is 0.240 e. The number of carbonyl (C=O) groups excluding carboxylic acids is 1. The highest BCUT2D eigenvalue weighted by Gasteiger charge is 2.46. The topological polar surface area (TPSA) is 55.1 Å². The van der Waals surface area contributed by atoms with Gasteiger partial charge in [-0.3, -0.25) is 4.79 Å². The van der Waals surface area contributed by atoms with Gasteiger partial charge in [0.2, 0.25) is 5.91 Å². The van der Waals surface area contributed by atoms with Crippen LogP contribution in [0.5, 0.6) is 0 Å². The number of hydrogen-bond acceptors (Lipinski definition) is 2. The van der Waals surface area contributed by atoms with Gasteiger partial charge in [-0.25, -0.2) is 0 Å². The molecule has 1 aromatic rings. The molecule has 1 amide bonds. The summed E-state index contributed by atoms with van der Waals surface area (Å²) in [4.78, 5) is 12.3. The van der Waals surface area contributed by atoms with Gasteiger partial charge in [0.1, 0.15) is 0 Å². The monoisotopic (exact) mass is 372 g/mol. The zero-order valence-electron chi connectivity index (χ0n) is 12.0. The van der Waals surface area contributed by atoms with E-state index in [0.717, 1.165) is 43.0 Å². The van der Waals surface area contributed by atoms with Gasteiger partial charge < -0.3 is 11.1 Å². The lowest BCUT2D eigenvalue weighted by Crippen LogP contribution is -2.53. The Morgan fingerprint density at radius 3 is 2.38 bits per heavy atom. The van der Waals surface area contributed by atoms with E-state index in [1.807, 2.05) is 6.07 Å². The first kappa shape index (κ1) is 16.8. The van der Waals surface area contributed by atoms with Crippen LogP contribution >= 0.6 is 28.3 Å². The number of nitrogens with one attached hydrogen (secondary N) is 1. The Labute approximate surface area is 140 Å². The van der Waals surface area contributed by atoms with E-state index in [4.69, 9.17) is 5.73 Å². The van der Waals surface area contributed by atoms with E-state index in [1.54, 1.807) is 0 Å². The van der Waals surface area contributed by atoms with E-state index in [2.05, 4.69) is 39.4 Å². The molecule has 0 atom stereocenters. The van der Waals surface area contributed by atoms with Gasteiger partial charge in [0.15, 0.2) is 0 Å². The van der Waals surface area contributed by atoms with Crippen molar-refractivity contribution in [2.45, 2.75) is 49.5 Å². The van der Waals surface area contributed by atoms with Gasteiger partial charge in [-0.1, -0.05) is 47.0 Å². The van der Waals surface area contributed by atoms with Crippen LogP contribution in [0.1, 0.15) is 44.1 Å². The SMILES string of the molecule is Cl.NC1(C(=O)NCC2(c3ccccc3Br)CC2)CCCC1. The Morgan fingerprint density at radius 2 is 1.81 bits per heavy atom. The number of hydrogen-bond donors (Lipinski definition) is 2. The number of rotatable bonds is 4. The van der Waals surface area contributed by atoms with Crippen molar-refractivity contribution in [1.82, 2.24) is 5.32 Å². The number of carbonyl (C=O) groups is 1. The molecule has 3 rings (SSSR count). The molecule has 0 bridgehead atoms. The van der Waals surface area contributed by atoms with Gasteiger partial charge in [-0.05, 0) is 37.3 Å². The maximum atomic E-state index is 12.3. The first-order valence-electron chi connectivity index (χ1n) is 7.38. The summed E-state index contributed by atoms with van der Waals surface area (Å²) in [5.74, 6) is 0.0355. The molecule has 2 aliphatic carbocycles. The lowest BCUT2D eigenvalue weighted by molar-refractivity contribution is -0.126. The van der Waals surface area contributed by atoms with Crippen molar-refractivity contribution in [1.29, 1.82) is 0 Å². The summed E-state index contributed by atoms with van der Waals surface area (Å²) in [5, 5.41) is 3.11. The molecule has 0 aliphatic heterocycles. The molecule has 1 aromatic carbocycles. The van der Waals surface area contributed by atoms with Crippen molar-refractivity contribution in [3.05, 3.63) is 34.3 Å². The highest BCUT2D eigenvalue weighted by Crippen LogP contribution is 2.50. The summed E-state index contributed by atoms with van der Waals surface area (Å²) in [6.07, 6.45) is 6.04. The molecule has 0 spiro atoms. The Balaban J connectivity index is 0.00000161. The second-order valence-electron chi connectivity index (χ2n) is 6.31. The molecule has 21 heavy (non-hydrogen) atoms. The van der Waals surface area contributed by atoms with Crippen LogP contribution in [-0.2, 0) is 10.2 Å². The quantitative estimate of drug-likeness (QED) is 0.851. The average Bonchev–Trinajstić information content (AvgIpc) is 3.10. The van der Waals surface area contributed by atoms with Crippen molar-refractivity contribution in [2.75, 3.05) is 6.54 Å². The van der Waals surface area contributed by atoms with E-state index < -0.39 is 5.54 Å². The van der Waals surface area contributed by atoms with Crippen molar-refractivity contribution < 1.29 is 4.79 Å². The summed E-state index contributed by atoms with van der Waals surface area (Å²) in [6, 6.07) is 8.30. The van der Waals surface area contributed by atoms with Gasteiger partial charge in [-0.15, -0.1) is 12.4 Å². The second kappa shape index (κ2) is 6.27. The molecular weight excluding hydrogens is 352 g/mol. The normalized spacial score (nSPS) is 21.4. The molecular formula is C16H22BrClN2O. The van der Waals surface area contributed by atoms with Crippen LogP contribution in [0.25, 0.3) is 0 Å². The summed E-state index contributed by atoms with van der Waals surface area (Å²) < 4.78 is 1.13. The predicted octanol–water partition coefficient (Wildman–Crippen LogP) is 3.29. The minimum absolute atomic E-state index is 0. The van der Waals surface area contributed by atoms with Crippen LogP contribution in [0.2, 0.25) is 0 Å². The highest BCUT2D eigenvalue weighted by atomic mass is 79.9. The first-order valence-corrected chi connectivity index (χ1v) is 8.17. The third kappa shape index (κ3) is 3.27. The number of benzene rings is 1. The van der Waals surface area contributed by atoms with E-state index in [9.17, 15) is 4.79 Å². The van der Waals surface area contributed by atoms with Gasteiger partial charge in [-0.2, -0.15) is 0 Å². The lowest BCUT2D eigenvalue weighted by Gasteiger charge is -2.25. The van der Waals surface area contributed by atoms with E-state index in [-0.39, 0.29) is 23.7 Å². The predicted molar refractivity (Wildman–Crippen MR) is 90.7 cm³/mol. The molecule has 0 heterocycles. The Kier molecular flexibility index (Phi) is 5.01. The van der Waals surface area contributed by atoms with Gasteiger partial charge >= 0.3 is 0 Å². The minimum atomic E-state index is -0.621. The zero-order chi connectivity index (χ0) is 14.2. The Bertz CT molecular complexity index is 525. The zero-order valence-corrected chi connectivity index (χ0v) is 14.4. The molecule has 0 unspecified atom stereocenters. The van der Waals surface area contributed by atoms with Crippen LogP contribution in [0, 0.1) is 0 Å². The van der Waals surface area contributed by atoms with Crippen molar-refractivity contribution in [3.8, 4) is 0 Å². The number of nitrogens with two attached hydrogens (primary N) is 1. The van der Waals surface area contributed by atoms with Crippen LogP contribution in [-0.4, -0.2) is 18.0 Å². The van der Waals surface area contributed by atoms with Gasteiger partial charge in [0.25, 0.3) is 0 Å². The second-order valence-corrected chi connectivity index (χ2v) is 7.16. The number of amides is 1. The Morgan fingerprint density at radius 1 is 1.19 bits per heavy atom. The van der Waals surface area contributed by atoms with Crippen LogP contribution in [0.15, 0.2) is 28.7 Å². The maximum Gasteiger partial charge on any atom is 0.240 e. The minimum Gasteiger partial charge on any atom is -0.354 e. The molecule has 2 saturated carbocycles. The fourth-order valence-corrected chi connectivity index (χ4v) is 3.95. The third-order valence-electron chi connectivity index (χ3n) is 4.83. The summed E-state index contributed by atoms with van der Waals surface area (Å²) in [6.45, 7) is 0.702. The fraction of sp³-hybridized carbons (Fsp3) is 0.562. The summed E-state index contributed by atoms with van der Waals surface area (Å²) in [5.41, 5.74) is 7.00. The molecule has 2 fully saturated rings. The van der Waals surface area contributed by atoms with Gasteiger partial charge in [0.05, 0.1) is 5.54 Å². The van der Waals surface area contributed by atoms with Gasteiger partial charge in [0, 0.05) is 16.4 Å². The lowest BCUT2D eigenvalue weighted by atomic mass is 9.94. The Hall–Kier alpha value is -0.580. The molecule has 5 heteroatoms.